The van der Waals surface area contributed by atoms with Gasteiger partial charge in [-0.15, -0.1) is 0 Å². The number of anilines is 1. The van der Waals surface area contributed by atoms with Crippen LogP contribution in [0, 0.1) is 5.92 Å². The maximum absolute atomic E-state index is 12.3. The molecule has 3 aliphatic heterocycles. The number of methoxy groups -OCH3 is 1. The summed E-state index contributed by atoms with van der Waals surface area (Å²) >= 11 is 0. The molecule has 0 unspecified atom stereocenters. The van der Waals surface area contributed by atoms with E-state index in [0.717, 1.165) is 35.9 Å². The van der Waals surface area contributed by atoms with Gasteiger partial charge in [0.2, 0.25) is 0 Å². The van der Waals surface area contributed by atoms with E-state index in [-0.39, 0.29) is 5.91 Å². The quantitative estimate of drug-likeness (QED) is 0.805. The number of piperazine rings is 1. The SMILES string of the molecule is COc1cc(N2CCC(CN3CCN(C)CC3)CC2)cc2c1C(=O)N(C)C2. The van der Waals surface area contributed by atoms with Crippen molar-refractivity contribution in [2.75, 3.05) is 71.9 Å². The van der Waals surface area contributed by atoms with Gasteiger partial charge in [-0.05, 0) is 37.4 Å². The highest BCUT2D eigenvalue weighted by Gasteiger charge is 2.30. The van der Waals surface area contributed by atoms with Crippen LogP contribution in [0.25, 0.3) is 0 Å². The Balaban J connectivity index is 1.39. The Morgan fingerprint density at radius 1 is 1.04 bits per heavy atom. The summed E-state index contributed by atoms with van der Waals surface area (Å²) < 4.78 is 5.55. The molecule has 1 aromatic carbocycles. The third kappa shape index (κ3) is 3.78. The van der Waals surface area contributed by atoms with E-state index < -0.39 is 0 Å². The van der Waals surface area contributed by atoms with Gasteiger partial charge < -0.3 is 24.3 Å². The molecular formula is C21H32N4O2. The Hall–Kier alpha value is -1.79. The van der Waals surface area contributed by atoms with E-state index in [2.05, 4.69) is 33.9 Å². The number of carbonyl (C=O) groups excluding carboxylic acids is 1. The van der Waals surface area contributed by atoms with Crippen LogP contribution in [-0.4, -0.2) is 87.6 Å². The average Bonchev–Trinajstić information content (AvgIpc) is 2.97. The molecule has 4 rings (SSSR count). The molecule has 2 saturated heterocycles. The number of hydrogen-bond acceptors (Lipinski definition) is 5. The molecule has 0 bridgehead atoms. The van der Waals surface area contributed by atoms with Gasteiger partial charge in [0.1, 0.15) is 5.75 Å². The Morgan fingerprint density at radius 2 is 1.74 bits per heavy atom. The summed E-state index contributed by atoms with van der Waals surface area (Å²) in [6.45, 7) is 8.91. The summed E-state index contributed by atoms with van der Waals surface area (Å²) in [6.07, 6.45) is 2.48. The van der Waals surface area contributed by atoms with Gasteiger partial charge in [-0.25, -0.2) is 0 Å². The van der Waals surface area contributed by atoms with Crippen LogP contribution in [0.2, 0.25) is 0 Å². The fourth-order valence-corrected chi connectivity index (χ4v) is 4.66. The van der Waals surface area contributed by atoms with Crippen LogP contribution < -0.4 is 9.64 Å². The first-order valence-corrected chi connectivity index (χ1v) is 10.2. The minimum atomic E-state index is 0.0688. The van der Waals surface area contributed by atoms with Crippen LogP contribution in [0.5, 0.6) is 5.75 Å². The lowest BCUT2D eigenvalue weighted by Gasteiger charge is -2.38. The van der Waals surface area contributed by atoms with E-state index in [9.17, 15) is 4.79 Å². The van der Waals surface area contributed by atoms with Gasteiger partial charge in [0, 0.05) is 71.2 Å². The highest BCUT2D eigenvalue weighted by atomic mass is 16.5. The molecule has 0 radical (unpaired) electrons. The summed E-state index contributed by atoms with van der Waals surface area (Å²) in [5.74, 6) is 1.59. The third-order valence-electron chi connectivity index (χ3n) is 6.45. The summed E-state index contributed by atoms with van der Waals surface area (Å²) in [7, 11) is 5.73. The van der Waals surface area contributed by atoms with Crippen molar-refractivity contribution >= 4 is 11.6 Å². The fourth-order valence-electron chi connectivity index (χ4n) is 4.66. The summed E-state index contributed by atoms with van der Waals surface area (Å²) in [5, 5.41) is 0. The zero-order chi connectivity index (χ0) is 19.0. The largest absolute Gasteiger partial charge is 0.496 e. The highest BCUT2D eigenvalue weighted by molar-refractivity contribution is 6.01. The molecule has 0 aromatic heterocycles. The average molecular weight is 373 g/mol. The topological polar surface area (TPSA) is 39.3 Å². The van der Waals surface area contributed by atoms with Crippen molar-refractivity contribution in [1.29, 1.82) is 0 Å². The molecule has 27 heavy (non-hydrogen) atoms. The second kappa shape index (κ2) is 7.68. The van der Waals surface area contributed by atoms with Crippen molar-refractivity contribution in [3.05, 3.63) is 23.3 Å². The van der Waals surface area contributed by atoms with Crippen LogP contribution >= 0.6 is 0 Å². The zero-order valence-corrected chi connectivity index (χ0v) is 16.9. The molecule has 0 N–H and O–H groups in total. The number of likely N-dealkylation sites (N-methyl/N-ethyl adjacent to an activating group) is 1. The molecule has 6 heteroatoms. The maximum atomic E-state index is 12.3. The second-order valence-corrected chi connectivity index (χ2v) is 8.38. The number of ether oxygens (including phenoxy) is 1. The molecule has 3 aliphatic rings. The number of fused-ring (bicyclic) bond motifs is 1. The molecule has 1 aromatic rings. The Bertz CT molecular complexity index is 692. The summed E-state index contributed by atoms with van der Waals surface area (Å²) in [6, 6.07) is 4.25. The van der Waals surface area contributed by atoms with Gasteiger partial charge >= 0.3 is 0 Å². The number of hydrogen-bond donors (Lipinski definition) is 0. The third-order valence-corrected chi connectivity index (χ3v) is 6.45. The smallest absolute Gasteiger partial charge is 0.258 e. The molecule has 6 nitrogen and oxygen atoms in total. The first kappa shape index (κ1) is 18.6. The van der Waals surface area contributed by atoms with Crippen LogP contribution in [0.3, 0.4) is 0 Å². The minimum absolute atomic E-state index is 0.0688. The molecule has 2 fully saturated rings. The lowest BCUT2D eigenvalue weighted by atomic mass is 9.95. The Labute approximate surface area is 162 Å². The number of rotatable bonds is 4. The highest BCUT2D eigenvalue weighted by Crippen LogP contribution is 2.36. The van der Waals surface area contributed by atoms with Crippen molar-refractivity contribution < 1.29 is 9.53 Å². The van der Waals surface area contributed by atoms with Crippen LogP contribution in [-0.2, 0) is 6.54 Å². The van der Waals surface area contributed by atoms with Crippen molar-refractivity contribution in [1.82, 2.24) is 14.7 Å². The van der Waals surface area contributed by atoms with Gasteiger partial charge in [0.05, 0.1) is 12.7 Å². The Kier molecular flexibility index (Phi) is 5.28. The molecule has 148 valence electrons. The predicted molar refractivity (Wildman–Crippen MR) is 108 cm³/mol. The van der Waals surface area contributed by atoms with Gasteiger partial charge in [0.15, 0.2) is 0 Å². The monoisotopic (exact) mass is 372 g/mol. The number of piperidine rings is 1. The lowest BCUT2D eigenvalue weighted by Crippen LogP contribution is -2.47. The summed E-state index contributed by atoms with van der Waals surface area (Å²) in [5.41, 5.74) is 3.04. The molecule has 0 spiro atoms. The molecule has 0 aliphatic carbocycles. The fraction of sp³-hybridized carbons (Fsp3) is 0.667. The molecule has 0 saturated carbocycles. The van der Waals surface area contributed by atoms with Gasteiger partial charge in [-0.1, -0.05) is 0 Å². The molecule has 1 amide bonds. The van der Waals surface area contributed by atoms with E-state index in [1.807, 2.05) is 7.05 Å². The maximum Gasteiger partial charge on any atom is 0.258 e. The van der Waals surface area contributed by atoms with Crippen molar-refractivity contribution in [2.45, 2.75) is 19.4 Å². The van der Waals surface area contributed by atoms with Crippen LogP contribution in [0.1, 0.15) is 28.8 Å². The number of nitrogens with zero attached hydrogens (tertiary/aromatic N) is 4. The first-order chi connectivity index (χ1) is 13.0. The van der Waals surface area contributed by atoms with Crippen LogP contribution in [0.15, 0.2) is 12.1 Å². The second-order valence-electron chi connectivity index (χ2n) is 8.38. The summed E-state index contributed by atoms with van der Waals surface area (Å²) in [4.78, 5) is 21.6. The van der Waals surface area contributed by atoms with E-state index in [1.54, 1.807) is 12.0 Å². The standard InChI is InChI=1S/C21H32N4O2/c1-22-8-10-24(11-9-22)14-16-4-6-25(7-5-16)18-12-17-15-23(2)21(26)20(17)19(13-18)27-3/h12-13,16H,4-11,14-15H2,1-3H3. The van der Waals surface area contributed by atoms with Crippen LogP contribution in [0.4, 0.5) is 5.69 Å². The van der Waals surface area contributed by atoms with E-state index in [4.69, 9.17) is 4.74 Å². The predicted octanol–water partition coefficient (Wildman–Crippen LogP) is 1.74. The zero-order valence-electron chi connectivity index (χ0n) is 16.9. The van der Waals surface area contributed by atoms with Gasteiger partial charge in [0.25, 0.3) is 5.91 Å². The molecular weight excluding hydrogens is 340 g/mol. The number of amides is 1. The minimum Gasteiger partial charge on any atom is -0.496 e. The van der Waals surface area contributed by atoms with E-state index in [0.29, 0.717) is 6.54 Å². The number of benzene rings is 1. The van der Waals surface area contributed by atoms with Gasteiger partial charge in [-0.2, -0.15) is 0 Å². The van der Waals surface area contributed by atoms with Crippen molar-refractivity contribution in [3.63, 3.8) is 0 Å². The van der Waals surface area contributed by atoms with E-state index in [1.165, 1.54) is 51.3 Å². The first-order valence-electron chi connectivity index (χ1n) is 10.2. The molecule has 3 heterocycles. The number of carbonyl (C=O) groups is 1. The van der Waals surface area contributed by atoms with E-state index >= 15 is 0 Å². The van der Waals surface area contributed by atoms with Crippen molar-refractivity contribution in [2.24, 2.45) is 5.92 Å². The Morgan fingerprint density at radius 3 is 2.41 bits per heavy atom. The lowest BCUT2D eigenvalue weighted by molar-refractivity contribution is 0.0814. The molecule has 0 atom stereocenters. The van der Waals surface area contributed by atoms with Crippen molar-refractivity contribution in [3.8, 4) is 5.75 Å². The normalized spacial score (nSPS) is 22.4. The van der Waals surface area contributed by atoms with Gasteiger partial charge in [-0.3, -0.25) is 4.79 Å².